The zero-order valence-corrected chi connectivity index (χ0v) is 20.8. The number of ether oxygens (including phenoxy) is 1. The fraction of sp³-hybridized carbons (Fsp3) is 0.357. The molecule has 0 amide bonds. The van der Waals surface area contributed by atoms with Crippen LogP contribution in [0.2, 0.25) is 0 Å². The third kappa shape index (κ3) is 5.10. The normalized spacial score (nSPS) is 14.4. The molecule has 7 nitrogen and oxygen atoms in total. The van der Waals surface area contributed by atoms with Gasteiger partial charge in [0, 0.05) is 62.7 Å². The number of fused-ring (bicyclic) bond motifs is 1. The molecule has 4 aromatic rings. The summed E-state index contributed by atoms with van der Waals surface area (Å²) < 4.78 is 5.79. The smallest absolute Gasteiger partial charge is 0.154 e. The van der Waals surface area contributed by atoms with Crippen molar-refractivity contribution in [3.63, 3.8) is 0 Å². The second-order valence-corrected chi connectivity index (χ2v) is 9.17. The van der Waals surface area contributed by atoms with E-state index in [1.807, 2.05) is 12.3 Å². The van der Waals surface area contributed by atoms with Crippen LogP contribution in [0.5, 0.6) is 5.75 Å². The summed E-state index contributed by atoms with van der Waals surface area (Å²) in [7, 11) is 3.91. The minimum Gasteiger partial charge on any atom is -0.496 e. The molecule has 1 fully saturated rings. The number of anilines is 2. The molecule has 3 heterocycles. The largest absolute Gasteiger partial charge is 0.496 e. The molecule has 0 bridgehead atoms. The second-order valence-electron chi connectivity index (χ2n) is 9.17. The van der Waals surface area contributed by atoms with Crippen LogP contribution in [0.1, 0.15) is 29.4 Å². The van der Waals surface area contributed by atoms with Gasteiger partial charge in [0.1, 0.15) is 17.1 Å². The van der Waals surface area contributed by atoms with Crippen molar-refractivity contribution < 1.29 is 4.74 Å². The number of hydrogen-bond donors (Lipinski definition) is 2. The third-order valence-corrected chi connectivity index (χ3v) is 6.89. The number of nitrogens with one attached hydrogen (secondary N) is 2. The Labute approximate surface area is 207 Å². The van der Waals surface area contributed by atoms with E-state index in [4.69, 9.17) is 14.7 Å². The van der Waals surface area contributed by atoms with E-state index in [0.29, 0.717) is 6.42 Å². The van der Waals surface area contributed by atoms with Crippen molar-refractivity contribution in [2.75, 3.05) is 50.6 Å². The molecule has 2 aromatic heterocycles. The van der Waals surface area contributed by atoms with Gasteiger partial charge in [0.15, 0.2) is 5.82 Å². The second kappa shape index (κ2) is 10.4. The summed E-state index contributed by atoms with van der Waals surface area (Å²) in [6.07, 6.45) is 3.53. The van der Waals surface area contributed by atoms with Crippen LogP contribution in [-0.4, -0.2) is 60.2 Å². The fourth-order valence-electron chi connectivity index (χ4n) is 4.76. The molecule has 5 rings (SSSR count). The Kier molecular flexibility index (Phi) is 6.86. The zero-order chi connectivity index (χ0) is 24.2. The summed E-state index contributed by atoms with van der Waals surface area (Å²) in [5, 5.41) is 3.55. The Balaban J connectivity index is 1.38. The van der Waals surface area contributed by atoms with E-state index in [0.717, 1.165) is 73.1 Å². The van der Waals surface area contributed by atoms with Gasteiger partial charge < -0.3 is 24.8 Å². The first kappa shape index (κ1) is 23.2. The van der Waals surface area contributed by atoms with Crippen molar-refractivity contribution in [2.45, 2.75) is 26.3 Å². The van der Waals surface area contributed by atoms with E-state index < -0.39 is 0 Å². The predicted octanol–water partition coefficient (Wildman–Crippen LogP) is 4.48. The maximum atomic E-state index is 5.79. The van der Waals surface area contributed by atoms with Crippen molar-refractivity contribution in [1.29, 1.82) is 0 Å². The maximum absolute atomic E-state index is 5.79. The van der Waals surface area contributed by atoms with Crippen molar-refractivity contribution >= 4 is 22.5 Å². The standard InChI is InChI=1S/C28H34N6O/c1-4-20-7-5-6-8-22(20)19-30-28-27-24(11-12-29-27)31-26(32-28)17-21-9-10-23(18-25(21)35-3)34-15-13-33(2)14-16-34/h5-12,18,29H,4,13-17,19H2,1-3H3,(H,30,31,32). The number of H-pyrrole nitrogens is 1. The monoisotopic (exact) mass is 470 g/mol. The Bertz CT molecular complexity index is 1290. The summed E-state index contributed by atoms with van der Waals surface area (Å²) in [6.45, 7) is 7.12. The van der Waals surface area contributed by atoms with E-state index in [1.165, 1.54) is 16.8 Å². The summed E-state index contributed by atoms with van der Waals surface area (Å²) in [5.41, 5.74) is 6.77. The van der Waals surface area contributed by atoms with Gasteiger partial charge in [0.25, 0.3) is 0 Å². The highest BCUT2D eigenvalue weighted by Crippen LogP contribution is 2.29. The molecule has 1 aliphatic heterocycles. The lowest BCUT2D eigenvalue weighted by molar-refractivity contribution is 0.312. The number of piperazine rings is 1. The van der Waals surface area contributed by atoms with E-state index >= 15 is 0 Å². The lowest BCUT2D eigenvalue weighted by atomic mass is 10.1. The van der Waals surface area contributed by atoms with E-state index in [1.54, 1.807) is 7.11 Å². The van der Waals surface area contributed by atoms with Crippen molar-refractivity contribution in [1.82, 2.24) is 19.9 Å². The first-order valence-electron chi connectivity index (χ1n) is 12.4. The number of rotatable bonds is 8. The van der Waals surface area contributed by atoms with E-state index in [9.17, 15) is 0 Å². The van der Waals surface area contributed by atoms with Gasteiger partial charge in [-0.05, 0) is 36.7 Å². The number of aromatic nitrogens is 3. The topological polar surface area (TPSA) is 69.3 Å². The van der Waals surface area contributed by atoms with Crippen molar-refractivity contribution in [2.24, 2.45) is 0 Å². The lowest BCUT2D eigenvalue weighted by Gasteiger charge is -2.34. The van der Waals surface area contributed by atoms with Gasteiger partial charge in [0.2, 0.25) is 0 Å². The van der Waals surface area contributed by atoms with Gasteiger partial charge in [-0.1, -0.05) is 37.3 Å². The molecular weight excluding hydrogens is 436 g/mol. The third-order valence-electron chi connectivity index (χ3n) is 6.89. The number of aryl methyl sites for hydroxylation is 1. The van der Waals surface area contributed by atoms with Crippen LogP contribution in [-0.2, 0) is 19.4 Å². The number of aromatic amines is 1. The molecule has 0 aliphatic carbocycles. The highest BCUT2D eigenvalue weighted by Gasteiger charge is 2.17. The number of hydrogen-bond acceptors (Lipinski definition) is 6. The Morgan fingerprint density at radius 1 is 0.971 bits per heavy atom. The summed E-state index contributed by atoms with van der Waals surface area (Å²) in [6, 6.07) is 17.0. The molecule has 35 heavy (non-hydrogen) atoms. The van der Waals surface area contributed by atoms with Gasteiger partial charge >= 0.3 is 0 Å². The van der Waals surface area contributed by atoms with E-state index in [-0.39, 0.29) is 0 Å². The van der Waals surface area contributed by atoms with Gasteiger partial charge in [-0.15, -0.1) is 0 Å². The van der Waals surface area contributed by atoms with Crippen LogP contribution in [0.15, 0.2) is 54.7 Å². The number of nitrogens with zero attached hydrogens (tertiary/aromatic N) is 4. The number of methoxy groups -OCH3 is 1. The average Bonchev–Trinajstić information content (AvgIpc) is 3.37. The molecule has 2 aromatic carbocycles. The van der Waals surface area contributed by atoms with Gasteiger partial charge in [-0.25, -0.2) is 9.97 Å². The quantitative estimate of drug-likeness (QED) is 0.396. The van der Waals surface area contributed by atoms with Crippen LogP contribution in [0.25, 0.3) is 11.0 Å². The SMILES string of the molecule is CCc1ccccc1CNc1nc(Cc2ccc(N3CCN(C)CC3)cc2OC)nc2cc[nH]c12. The first-order valence-corrected chi connectivity index (χ1v) is 12.4. The van der Waals surface area contributed by atoms with Gasteiger partial charge in [-0.2, -0.15) is 0 Å². The van der Waals surface area contributed by atoms with Crippen LogP contribution in [0, 0.1) is 0 Å². The molecule has 182 valence electrons. The molecule has 2 N–H and O–H groups in total. The molecule has 0 unspecified atom stereocenters. The predicted molar refractivity (Wildman–Crippen MR) is 143 cm³/mol. The van der Waals surface area contributed by atoms with Crippen LogP contribution in [0.3, 0.4) is 0 Å². The molecule has 1 aliphatic rings. The van der Waals surface area contributed by atoms with Crippen molar-refractivity contribution in [3.05, 3.63) is 77.2 Å². The number of benzene rings is 2. The highest BCUT2D eigenvalue weighted by molar-refractivity contribution is 5.85. The molecule has 0 spiro atoms. The Morgan fingerprint density at radius 2 is 1.77 bits per heavy atom. The van der Waals surface area contributed by atoms with E-state index in [2.05, 4.69) is 76.5 Å². The maximum Gasteiger partial charge on any atom is 0.154 e. The minimum atomic E-state index is 0.605. The van der Waals surface area contributed by atoms with Gasteiger partial charge in [-0.3, -0.25) is 0 Å². The molecule has 0 saturated carbocycles. The highest BCUT2D eigenvalue weighted by atomic mass is 16.5. The van der Waals surface area contributed by atoms with Crippen LogP contribution >= 0.6 is 0 Å². The summed E-state index contributed by atoms with van der Waals surface area (Å²) in [5.74, 6) is 2.48. The Hall–Kier alpha value is -3.58. The summed E-state index contributed by atoms with van der Waals surface area (Å²) in [4.78, 5) is 17.8. The zero-order valence-electron chi connectivity index (χ0n) is 20.8. The fourth-order valence-corrected chi connectivity index (χ4v) is 4.76. The van der Waals surface area contributed by atoms with Crippen LogP contribution < -0.4 is 15.0 Å². The molecular formula is C28H34N6O. The minimum absolute atomic E-state index is 0.605. The lowest BCUT2D eigenvalue weighted by Crippen LogP contribution is -2.44. The number of likely N-dealkylation sites (N-methyl/N-ethyl adjacent to an activating group) is 1. The van der Waals surface area contributed by atoms with Crippen molar-refractivity contribution in [3.8, 4) is 5.75 Å². The molecule has 7 heteroatoms. The van der Waals surface area contributed by atoms with Crippen LogP contribution in [0.4, 0.5) is 11.5 Å². The Morgan fingerprint density at radius 3 is 2.54 bits per heavy atom. The first-order chi connectivity index (χ1) is 17.1. The molecule has 1 saturated heterocycles. The average molecular weight is 471 g/mol. The molecule has 0 radical (unpaired) electrons. The molecule has 0 atom stereocenters. The van der Waals surface area contributed by atoms with Gasteiger partial charge in [0.05, 0.1) is 12.6 Å². The summed E-state index contributed by atoms with van der Waals surface area (Å²) >= 11 is 0.